The first-order valence-corrected chi connectivity index (χ1v) is 14.2. The van der Waals surface area contributed by atoms with E-state index in [1.54, 1.807) is 36.4 Å². The minimum Gasteiger partial charge on any atom is -0.444 e. The normalized spacial score (nSPS) is 15.9. The lowest BCUT2D eigenvalue weighted by Gasteiger charge is -2.24. The molecule has 0 radical (unpaired) electrons. The van der Waals surface area contributed by atoms with Gasteiger partial charge in [0.15, 0.2) is 0 Å². The molecule has 1 aliphatic heterocycles. The Labute approximate surface area is 260 Å². The predicted octanol–water partition coefficient (Wildman–Crippen LogP) is 4.72. The molecule has 3 aromatic heterocycles. The van der Waals surface area contributed by atoms with Gasteiger partial charge in [0.25, 0.3) is 11.5 Å². The molecule has 46 heavy (non-hydrogen) atoms. The lowest BCUT2D eigenvalue weighted by atomic mass is 10.0. The standard InChI is InChI=1S/C30H30F4N8O4/c1-17(21-6-5-7-22(26(21)31)30(32,33)34)37-27(44)23-8-9-25(43)42(38-23)20-12-18(13-35-14-20)24-15-36-39-41(24)19-10-11-40(16-19)28(45)46-29(2,3)4/h5-9,12-15,17,19H,10-11,16H2,1-4H3,(H,37,44)/t17-,19+/m1/s1. The van der Waals surface area contributed by atoms with Gasteiger partial charge in [-0.15, -0.1) is 5.10 Å². The van der Waals surface area contributed by atoms with Gasteiger partial charge in [0.1, 0.15) is 17.1 Å². The molecule has 0 aliphatic carbocycles. The average Bonchev–Trinajstić information content (AvgIpc) is 3.66. The van der Waals surface area contributed by atoms with Crippen LogP contribution in [-0.4, -0.2) is 65.3 Å². The van der Waals surface area contributed by atoms with Crippen molar-refractivity contribution < 1.29 is 31.9 Å². The summed E-state index contributed by atoms with van der Waals surface area (Å²) in [6.45, 7) is 7.51. The second kappa shape index (κ2) is 12.3. The van der Waals surface area contributed by atoms with Crippen LogP contribution in [0.5, 0.6) is 0 Å². The average molecular weight is 643 g/mol. The molecule has 4 heterocycles. The fraction of sp³-hybridized carbons (Fsp3) is 0.367. The van der Waals surface area contributed by atoms with Crippen LogP contribution in [-0.2, 0) is 10.9 Å². The van der Waals surface area contributed by atoms with Crippen LogP contribution in [0.15, 0.2) is 59.8 Å². The number of aromatic nitrogens is 6. The molecular weight excluding hydrogens is 612 g/mol. The van der Waals surface area contributed by atoms with Gasteiger partial charge in [0.2, 0.25) is 0 Å². The number of carbonyl (C=O) groups is 2. The van der Waals surface area contributed by atoms with Crippen LogP contribution in [0, 0.1) is 5.82 Å². The highest BCUT2D eigenvalue weighted by atomic mass is 19.4. The fourth-order valence-corrected chi connectivity index (χ4v) is 5.01. The van der Waals surface area contributed by atoms with E-state index >= 15 is 0 Å². The first kappa shape index (κ1) is 32.2. The number of pyridine rings is 1. The molecule has 1 N–H and O–H groups in total. The van der Waals surface area contributed by atoms with Gasteiger partial charge in [0, 0.05) is 36.5 Å². The zero-order valence-corrected chi connectivity index (χ0v) is 25.2. The Bertz CT molecular complexity index is 1830. The lowest BCUT2D eigenvalue weighted by molar-refractivity contribution is -0.140. The molecule has 5 rings (SSSR count). The summed E-state index contributed by atoms with van der Waals surface area (Å²) in [6.07, 6.45) is -0.326. The number of hydrogen-bond donors (Lipinski definition) is 1. The Balaban J connectivity index is 1.36. The molecule has 1 saturated heterocycles. The van der Waals surface area contributed by atoms with E-state index < -0.39 is 46.8 Å². The second-order valence-corrected chi connectivity index (χ2v) is 11.7. The number of hydrogen-bond acceptors (Lipinski definition) is 8. The van der Waals surface area contributed by atoms with Crippen molar-refractivity contribution >= 4 is 12.0 Å². The van der Waals surface area contributed by atoms with Gasteiger partial charge in [-0.1, -0.05) is 17.3 Å². The van der Waals surface area contributed by atoms with Crippen molar-refractivity contribution in [3.05, 3.63) is 88.0 Å². The lowest BCUT2D eigenvalue weighted by Crippen LogP contribution is -2.35. The largest absolute Gasteiger partial charge is 0.444 e. The van der Waals surface area contributed by atoms with E-state index in [-0.39, 0.29) is 23.0 Å². The Morgan fingerprint density at radius 1 is 1.09 bits per heavy atom. The van der Waals surface area contributed by atoms with Crippen LogP contribution in [0.2, 0.25) is 0 Å². The number of rotatable bonds is 6. The minimum absolute atomic E-state index is 0.198. The summed E-state index contributed by atoms with van der Waals surface area (Å²) in [7, 11) is 0. The molecule has 2 atom stereocenters. The first-order valence-electron chi connectivity index (χ1n) is 14.2. The summed E-state index contributed by atoms with van der Waals surface area (Å²) in [5.74, 6) is -2.34. The summed E-state index contributed by atoms with van der Waals surface area (Å²) in [4.78, 5) is 44.2. The maximum atomic E-state index is 14.6. The number of nitrogens with zero attached hydrogens (tertiary/aromatic N) is 7. The fourth-order valence-electron chi connectivity index (χ4n) is 5.01. The van der Waals surface area contributed by atoms with Gasteiger partial charge >= 0.3 is 12.3 Å². The highest BCUT2D eigenvalue weighted by Crippen LogP contribution is 2.34. The molecule has 0 spiro atoms. The van der Waals surface area contributed by atoms with Gasteiger partial charge in [-0.25, -0.2) is 13.9 Å². The van der Waals surface area contributed by atoms with E-state index in [0.717, 1.165) is 28.9 Å². The van der Waals surface area contributed by atoms with Gasteiger partial charge in [-0.2, -0.15) is 23.0 Å². The van der Waals surface area contributed by atoms with Crippen molar-refractivity contribution in [1.29, 1.82) is 0 Å². The molecule has 1 aromatic carbocycles. The van der Waals surface area contributed by atoms with Crippen molar-refractivity contribution in [2.75, 3.05) is 13.1 Å². The molecule has 2 amide bonds. The second-order valence-electron chi connectivity index (χ2n) is 11.7. The summed E-state index contributed by atoms with van der Waals surface area (Å²) in [5, 5.41) is 14.8. The number of amides is 2. The highest BCUT2D eigenvalue weighted by molar-refractivity contribution is 5.92. The summed E-state index contributed by atoms with van der Waals surface area (Å²) >= 11 is 0. The van der Waals surface area contributed by atoms with Gasteiger partial charge in [-0.05, 0) is 52.3 Å². The number of alkyl halides is 3. The van der Waals surface area contributed by atoms with Crippen LogP contribution < -0.4 is 10.9 Å². The Hall–Kier alpha value is -5.15. The van der Waals surface area contributed by atoms with E-state index in [0.29, 0.717) is 36.8 Å². The Morgan fingerprint density at radius 2 is 1.85 bits per heavy atom. The van der Waals surface area contributed by atoms with E-state index in [4.69, 9.17) is 4.74 Å². The monoisotopic (exact) mass is 642 g/mol. The summed E-state index contributed by atoms with van der Waals surface area (Å²) in [6, 6.07) is 5.29. The van der Waals surface area contributed by atoms with E-state index in [1.165, 1.54) is 25.5 Å². The quantitative estimate of drug-likeness (QED) is 0.299. The maximum absolute atomic E-state index is 14.6. The Kier molecular flexibility index (Phi) is 8.64. The highest BCUT2D eigenvalue weighted by Gasteiger charge is 2.36. The first-order chi connectivity index (χ1) is 21.6. The summed E-state index contributed by atoms with van der Waals surface area (Å²) in [5.41, 5.74) is -2.01. The molecule has 0 saturated carbocycles. The molecular formula is C30H30F4N8O4. The van der Waals surface area contributed by atoms with Crippen LogP contribution in [0.3, 0.4) is 0 Å². The zero-order valence-electron chi connectivity index (χ0n) is 25.2. The van der Waals surface area contributed by atoms with Crippen molar-refractivity contribution in [2.45, 2.75) is 58.0 Å². The SMILES string of the molecule is C[C@@H](NC(=O)c1ccc(=O)n(-c2cncc(-c3cnnn3[C@H]3CCN(C(=O)OC(C)(C)C)C3)c2)n1)c1cccc(C(F)(F)F)c1F. The van der Waals surface area contributed by atoms with Crippen molar-refractivity contribution in [3.8, 4) is 16.9 Å². The number of carbonyl (C=O) groups excluding carboxylic acids is 2. The third kappa shape index (κ3) is 6.89. The van der Waals surface area contributed by atoms with Gasteiger partial charge < -0.3 is 15.0 Å². The number of ether oxygens (including phenoxy) is 1. The van der Waals surface area contributed by atoms with Crippen molar-refractivity contribution in [3.63, 3.8) is 0 Å². The Morgan fingerprint density at radius 3 is 2.57 bits per heavy atom. The summed E-state index contributed by atoms with van der Waals surface area (Å²) < 4.78 is 62.2. The van der Waals surface area contributed by atoms with E-state index in [2.05, 4.69) is 25.7 Å². The van der Waals surface area contributed by atoms with Crippen molar-refractivity contribution in [2.24, 2.45) is 0 Å². The molecule has 0 bridgehead atoms. The number of nitrogens with one attached hydrogen (secondary N) is 1. The molecule has 1 aliphatic rings. The van der Waals surface area contributed by atoms with Gasteiger partial charge in [0.05, 0.1) is 41.4 Å². The molecule has 16 heteroatoms. The smallest absolute Gasteiger partial charge is 0.419 e. The molecule has 4 aromatic rings. The van der Waals surface area contributed by atoms with E-state index in [9.17, 15) is 31.9 Å². The van der Waals surface area contributed by atoms with E-state index in [1.807, 2.05) is 0 Å². The van der Waals surface area contributed by atoms with Gasteiger partial charge in [-0.3, -0.25) is 14.6 Å². The number of halogens is 4. The van der Waals surface area contributed by atoms with Crippen LogP contribution in [0.1, 0.15) is 67.8 Å². The number of benzene rings is 1. The number of likely N-dealkylation sites (tertiary alicyclic amines) is 1. The third-order valence-corrected chi connectivity index (χ3v) is 7.18. The minimum atomic E-state index is -4.91. The molecule has 0 unspecified atom stereocenters. The predicted molar refractivity (Wildman–Crippen MR) is 155 cm³/mol. The third-order valence-electron chi connectivity index (χ3n) is 7.18. The zero-order chi connectivity index (χ0) is 33.4. The van der Waals surface area contributed by atoms with Crippen LogP contribution >= 0.6 is 0 Å². The van der Waals surface area contributed by atoms with Crippen LogP contribution in [0.25, 0.3) is 16.9 Å². The molecule has 242 valence electrons. The topological polar surface area (TPSA) is 137 Å². The maximum Gasteiger partial charge on any atom is 0.419 e. The van der Waals surface area contributed by atoms with Crippen molar-refractivity contribution in [1.82, 2.24) is 40.0 Å². The molecule has 1 fully saturated rings. The molecule has 12 nitrogen and oxygen atoms in total. The van der Waals surface area contributed by atoms with Crippen LogP contribution in [0.4, 0.5) is 22.4 Å².